The van der Waals surface area contributed by atoms with Crippen LogP contribution < -0.4 is 4.90 Å². The minimum atomic E-state index is 0.0000759. The zero-order valence-electron chi connectivity index (χ0n) is 15.3. The lowest BCUT2D eigenvalue weighted by atomic mass is 10.1. The van der Waals surface area contributed by atoms with Gasteiger partial charge in [-0.05, 0) is 25.5 Å². The van der Waals surface area contributed by atoms with E-state index in [9.17, 15) is 4.79 Å². The number of carbonyl (C=O) groups excluding carboxylic acids is 1. The Bertz CT molecular complexity index is 754. The molecule has 2 aliphatic rings. The van der Waals surface area contributed by atoms with Crippen molar-refractivity contribution in [3.05, 3.63) is 42.0 Å². The molecule has 2 aliphatic heterocycles. The molecule has 1 amide bonds. The highest BCUT2D eigenvalue weighted by Crippen LogP contribution is 2.26. The lowest BCUT2D eigenvalue weighted by Gasteiger charge is -2.39. The van der Waals surface area contributed by atoms with Gasteiger partial charge >= 0.3 is 0 Å². The van der Waals surface area contributed by atoms with Gasteiger partial charge in [0, 0.05) is 45.3 Å². The van der Waals surface area contributed by atoms with Crippen LogP contribution in [0.4, 0.5) is 5.69 Å². The van der Waals surface area contributed by atoms with E-state index in [1.807, 2.05) is 42.2 Å². The molecular weight excluding hydrogens is 330 g/mol. The monoisotopic (exact) mass is 355 g/mol. The van der Waals surface area contributed by atoms with E-state index < -0.39 is 0 Å². The number of hydrogen-bond donors (Lipinski definition) is 0. The third-order valence-corrected chi connectivity index (χ3v) is 5.50. The van der Waals surface area contributed by atoms with Gasteiger partial charge in [-0.25, -0.2) is 0 Å². The average molecular weight is 355 g/mol. The Kier molecular flexibility index (Phi) is 4.74. The van der Waals surface area contributed by atoms with Crippen molar-refractivity contribution in [3.8, 4) is 0 Å². The Hall–Kier alpha value is -2.25. The molecule has 2 atom stereocenters. The third kappa shape index (κ3) is 3.24. The zero-order valence-corrected chi connectivity index (χ0v) is 15.3. The van der Waals surface area contributed by atoms with Gasteiger partial charge in [-0.15, -0.1) is 0 Å². The van der Waals surface area contributed by atoms with Crippen LogP contribution in [0.15, 0.2) is 34.9 Å². The Morgan fingerprint density at radius 3 is 2.50 bits per heavy atom. The molecule has 7 nitrogen and oxygen atoms in total. The van der Waals surface area contributed by atoms with E-state index in [0.717, 1.165) is 50.7 Å². The molecule has 4 rings (SSSR count). The smallest absolute Gasteiger partial charge is 0.244 e. The minimum absolute atomic E-state index is 0.0000759. The van der Waals surface area contributed by atoms with Crippen molar-refractivity contribution in [2.75, 3.05) is 37.6 Å². The highest BCUT2D eigenvalue weighted by atomic mass is 16.5. The molecule has 7 heteroatoms. The summed E-state index contributed by atoms with van der Waals surface area (Å²) >= 11 is 0. The lowest BCUT2D eigenvalue weighted by Crippen LogP contribution is -2.53. The van der Waals surface area contributed by atoms with Crippen LogP contribution in [0.25, 0.3) is 0 Å². The number of hydrogen-bond acceptors (Lipinski definition) is 6. The van der Waals surface area contributed by atoms with Gasteiger partial charge in [0.2, 0.25) is 11.8 Å². The number of piperazine rings is 1. The second kappa shape index (κ2) is 7.17. The van der Waals surface area contributed by atoms with Crippen molar-refractivity contribution in [2.45, 2.75) is 32.4 Å². The van der Waals surface area contributed by atoms with E-state index >= 15 is 0 Å². The number of para-hydroxylation sites is 1. The molecule has 0 saturated carbocycles. The molecule has 26 heavy (non-hydrogen) atoms. The Morgan fingerprint density at radius 2 is 1.85 bits per heavy atom. The van der Waals surface area contributed by atoms with Crippen molar-refractivity contribution in [1.29, 1.82) is 0 Å². The molecule has 0 aliphatic carbocycles. The van der Waals surface area contributed by atoms with Crippen molar-refractivity contribution in [1.82, 2.24) is 19.9 Å². The summed E-state index contributed by atoms with van der Waals surface area (Å²) < 4.78 is 5.10. The van der Waals surface area contributed by atoms with E-state index in [-0.39, 0.29) is 18.0 Å². The molecule has 3 heterocycles. The fraction of sp³-hybridized carbons (Fsp3) is 0.526. The van der Waals surface area contributed by atoms with Gasteiger partial charge in [-0.2, -0.15) is 4.98 Å². The van der Waals surface area contributed by atoms with Crippen LogP contribution >= 0.6 is 0 Å². The predicted molar refractivity (Wildman–Crippen MR) is 97.8 cm³/mol. The summed E-state index contributed by atoms with van der Waals surface area (Å²) in [6.45, 7) is 8.31. The minimum Gasteiger partial charge on any atom is -0.340 e. The normalized spacial score (nSPS) is 23.5. The first-order valence-electron chi connectivity index (χ1n) is 9.28. The molecule has 2 aromatic rings. The van der Waals surface area contributed by atoms with Gasteiger partial charge in [0.1, 0.15) is 0 Å². The first kappa shape index (κ1) is 17.2. The lowest BCUT2D eigenvalue weighted by molar-refractivity contribution is -0.122. The second-order valence-corrected chi connectivity index (χ2v) is 7.05. The van der Waals surface area contributed by atoms with Crippen LogP contribution in [0.3, 0.4) is 0 Å². The number of anilines is 1. The number of nitrogens with zero attached hydrogens (tertiary/aromatic N) is 5. The molecular formula is C19H25N5O2. The Morgan fingerprint density at radius 1 is 1.12 bits per heavy atom. The van der Waals surface area contributed by atoms with E-state index in [1.54, 1.807) is 0 Å². The number of aryl methyl sites for hydroxylation is 1. The van der Waals surface area contributed by atoms with E-state index in [4.69, 9.17) is 4.52 Å². The number of benzene rings is 1. The summed E-state index contributed by atoms with van der Waals surface area (Å²) in [5, 5.41) is 4.04. The van der Waals surface area contributed by atoms with Crippen LogP contribution in [0.2, 0.25) is 0 Å². The summed E-state index contributed by atoms with van der Waals surface area (Å²) in [5.41, 5.74) is 1.000. The van der Waals surface area contributed by atoms with Gasteiger partial charge in [-0.1, -0.05) is 23.4 Å². The maximum absolute atomic E-state index is 12.9. The van der Waals surface area contributed by atoms with Gasteiger partial charge in [0.15, 0.2) is 5.82 Å². The third-order valence-electron chi connectivity index (χ3n) is 5.50. The fourth-order valence-electron chi connectivity index (χ4n) is 3.95. The largest absolute Gasteiger partial charge is 0.340 e. The second-order valence-electron chi connectivity index (χ2n) is 7.05. The number of amides is 1. The van der Waals surface area contributed by atoms with Crippen LogP contribution in [0, 0.1) is 6.92 Å². The fourth-order valence-corrected chi connectivity index (χ4v) is 3.95. The Labute approximate surface area is 153 Å². The molecule has 2 fully saturated rings. The average Bonchev–Trinajstić information content (AvgIpc) is 3.28. The Balaban J connectivity index is 1.36. The van der Waals surface area contributed by atoms with Crippen LogP contribution in [0.5, 0.6) is 0 Å². The highest BCUT2D eigenvalue weighted by Gasteiger charge is 2.38. The summed E-state index contributed by atoms with van der Waals surface area (Å²) in [4.78, 5) is 23.8. The quantitative estimate of drug-likeness (QED) is 0.834. The van der Waals surface area contributed by atoms with Gasteiger partial charge < -0.3 is 9.42 Å². The zero-order chi connectivity index (χ0) is 18.1. The number of aromatic nitrogens is 2. The van der Waals surface area contributed by atoms with Gasteiger partial charge in [-0.3, -0.25) is 14.6 Å². The molecule has 0 N–H and O–H groups in total. The summed E-state index contributed by atoms with van der Waals surface area (Å²) in [5.74, 6) is 1.57. The van der Waals surface area contributed by atoms with Crippen LogP contribution in [-0.4, -0.2) is 64.6 Å². The van der Waals surface area contributed by atoms with Crippen molar-refractivity contribution in [3.63, 3.8) is 0 Å². The number of rotatable bonds is 4. The van der Waals surface area contributed by atoms with Crippen molar-refractivity contribution < 1.29 is 9.32 Å². The first-order valence-corrected chi connectivity index (χ1v) is 9.28. The number of carbonyl (C=O) groups is 1. The van der Waals surface area contributed by atoms with E-state index in [1.165, 1.54) is 0 Å². The van der Waals surface area contributed by atoms with E-state index in [0.29, 0.717) is 5.89 Å². The molecule has 2 saturated heterocycles. The molecule has 0 spiro atoms. The molecule has 0 bridgehead atoms. The maximum Gasteiger partial charge on any atom is 0.244 e. The summed E-state index contributed by atoms with van der Waals surface area (Å²) in [6.07, 6.45) is 0.896. The molecule has 1 aromatic heterocycles. The highest BCUT2D eigenvalue weighted by molar-refractivity contribution is 5.99. The SMILES string of the molecule is Cc1nc(C(C)N2CCN(C3CCN(c4ccccc4)C3=O)CC2)no1. The van der Waals surface area contributed by atoms with Gasteiger partial charge in [0.05, 0.1) is 12.1 Å². The standard InChI is InChI=1S/C19H25N5O2/c1-14(18-20-15(2)26-21-18)22-10-12-23(13-11-22)17-8-9-24(19(17)25)16-6-4-3-5-7-16/h3-7,14,17H,8-13H2,1-2H3. The first-order chi connectivity index (χ1) is 12.6. The molecule has 0 radical (unpaired) electrons. The summed E-state index contributed by atoms with van der Waals surface area (Å²) in [6, 6.07) is 10.1. The maximum atomic E-state index is 12.9. The predicted octanol–water partition coefficient (Wildman–Crippen LogP) is 1.86. The molecule has 138 valence electrons. The van der Waals surface area contributed by atoms with Gasteiger partial charge in [0.25, 0.3) is 0 Å². The summed E-state index contributed by atoms with van der Waals surface area (Å²) in [7, 11) is 0. The topological polar surface area (TPSA) is 65.7 Å². The molecule has 2 unspecified atom stereocenters. The van der Waals surface area contributed by atoms with E-state index in [2.05, 4.69) is 26.9 Å². The van der Waals surface area contributed by atoms with Crippen molar-refractivity contribution >= 4 is 11.6 Å². The van der Waals surface area contributed by atoms with Crippen LogP contribution in [-0.2, 0) is 4.79 Å². The molecule has 1 aromatic carbocycles. The van der Waals surface area contributed by atoms with Crippen molar-refractivity contribution in [2.24, 2.45) is 0 Å². The van der Waals surface area contributed by atoms with Crippen LogP contribution in [0.1, 0.15) is 31.1 Å².